The third-order valence-corrected chi connectivity index (χ3v) is 8.37. The molecule has 3 amide bonds. The van der Waals surface area contributed by atoms with E-state index in [-0.39, 0.29) is 23.8 Å². The quantitative estimate of drug-likeness (QED) is 0.472. The zero-order valence-corrected chi connectivity index (χ0v) is 22.8. The van der Waals surface area contributed by atoms with Crippen molar-refractivity contribution in [3.05, 3.63) is 71.8 Å². The molecule has 4 rings (SSSR count). The first-order valence-electron chi connectivity index (χ1n) is 13.7. The molecule has 2 aliphatic rings. The van der Waals surface area contributed by atoms with Crippen molar-refractivity contribution in [2.24, 2.45) is 5.41 Å². The van der Waals surface area contributed by atoms with Gasteiger partial charge < -0.3 is 25.6 Å². The van der Waals surface area contributed by atoms with Gasteiger partial charge in [-0.1, -0.05) is 74.5 Å². The van der Waals surface area contributed by atoms with Gasteiger partial charge in [-0.2, -0.15) is 0 Å². The number of benzene rings is 2. The Labute approximate surface area is 225 Å². The van der Waals surface area contributed by atoms with E-state index in [9.17, 15) is 14.4 Å². The number of amides is 3. The molecule has 204 valence electrons. The van der Waals surface area contributed by atoms with Gasteiger partial charge in [-0.25, -0.2) is 0 Å². The summed E-state index contributed by atoms with van der Waals surface area (Å²) < 4.78 is 6.17. The number of fused-ring (bicyclic) bond motifs is 1. The van der Waals surface area contributed by atoms with Crippen molar-refractivity contribution in [3.63, 3.8) is 0 Å². The first-order valence-corrected chi connectivity index (χ1v) is 13.7. The first kappa shape index (κ1) is 27.8. The lowest BCUT2D eigenvalue weighted by molar-refractivity contribution is -0.150. The number of likely N-dealkylation sites (N-methyl/N-ethyl adjacent to an activating group) is 1. The highest BCUT2D eigenvalue weighted by Crippen LogP contribution is 2.48. The maximum atomic E-state index is 14.3. The molecule has 2 fully saturated rings. The molecule has 38 heavy (non-hydrogen) atoms. The average Bonchev–Trinajstić information content (AvgIpc) is 3.22. The lowest BCUT2D eigenvalue weighted by Gasteiger charge is -2.37. The average molecular weight is 521 g/mol. The van der Waals surface area contributed by atoms with E-state index in [2.05, 4.69) is 29.8 Å². The molecule has 2 aliphatic heterocycles. The summed E-state index contributed by atoms with van der Waals surface area (Å²) >= 11 is 0. The maximum Gasteiger partial charge on any atom is 0.247 e. The Balaban J connectivity index is 1.68. The number of ether oxygens (including phenoxy) is 1. The number of carbonyl (C=O) groups is 3. The Morgan fingerprint density at radius 1 is 1.03 bits per heavy atom. The molecule has 0 bridgehead atoms. The predicted molar refractivity (Wildman–Crippen MR) is 146 cm³/mol. The van der Waals surface area contributed by atoms with E-state index in [0.29, 0.717) is 19.4 Å². The molecule has 2 aromatic carbocycles. The van der Waals surface area contributed by atoms with E-state index in [1.54, 1.807) is 18.9 Å². The molecular formula is C30H40N4O4. The summed E-state index contributed by atoms with van der Waals surface area (Å²) in [6.07, 6.45) is 1.89. The van der Waals surface area contributed by atoms with Crippen LogP contribution in [0, 0.1) is 5.41 Å². The Morgan fingerprint density at radius 3 is 2.13 bits per heavy atom. The molecule has 2 heterocycles. The van der Waals surface area contributed by atoms with Gasteiger partial charge in [0, 0.05) is 18.3 Å². The molecule has 2 aromatic rings. The highest BCUT2D eigenvalue weighted by molar-refractivity contribution is 5.94. The Kier molecular flexibility index (Phi) is 8.84. The Hall–Kier alpha value is -3.23. The minimum Gasteiger partial charge on any atom is -0.358 e. The summed E-state index contributed by atoms with van der Waals surface area (Å²) in [6.45, 7) is 6.22. The van der Waals surface area contributed by atoms with E-state index in [1.807, 2.05) is 60.7 Å². The molecule has 8 nitrogen and oxygen atoms in total. The summed E-state index contributed by atoms with van der Waals surface area (Å²) in [4.78, 5) is 42.5. The van der Waals surface area contributed by atoms with Gasteiger partial charge in [0.25, 0.3) is 0 Å². The number of hydrogen-bond donors (Lipinski definition) is 3. The zero-order valence-electron chi connectivity index (χ0n) is 22.8. The van der Waals surface area contributed by atoms with E-state index in [4.69, 9.17) is 4.74 Å². The molecule has 0 spiro atoms. The number of nitrogens with zero attached hydrogens (tertiary/aromatic N) is 1. The van der Waals surface area contributed by atoms with Crippen molar-refractivity contribution in [2.75, 3.05) is 13.7 Å². The molecule has 0 saturated carbocycles. The van der Waals surface area contributed by atoms with Crippen LogP contribution in [-0.2, 0) is 19.1 Å². The van der Waals surface area contributed by atoms with Gasteiger partial charge in [0.2, 0.25) is 17.7 Å². The van der Waals surface area contributed by atoms with Crippen molar-refractivity contribution < 1.29 is 19.1 Å². The van der Waals surface area contributed by atoms with Crippen LogP contribution in [0.2, 0.25) is 0 Å². The molecule has 0 radical (unpaired) electrons. The zero-order chi connectivity index (χ0) is 27.3. The molecule has 0 aromatic heterocycles. The Morgan fingerprint density at radius 2 is 1.61 bits per heavy atom. The standard InChI is InChI=1S/C30H40N4O4/c1-5-30(6-2)19-24-34(29(37)23(17-18-38-24)32-27(35)20(3)31-4)26(30)28(36)33-25(21-13-9-7-10-14-21)22-15-11-8-12-16-22/h7-16,20,23-26,31H,5-6,17-19H2,1-4H3,(H,32,35)(H,33,36)/t20-,23-,24-,26+/m0/s1. The molecule has 0 unspecified atom stereocenters. The highest BCUT2D eigenvalue weighted by Gasteiger charge is 2.57. The molecule has 2 saturated heterocycles. The van der Waals surface area contributed by atoms with Gasteiger partial charge in [0.15, 0.2) is 0 Å². The topological polar surface area (TPSA) is 99.8 Å². The maximum absolute atomic E-state index is 14.3. The normalized spacial score (nSPS) is 23.4. The molecular weight excluding hydrogens is 480 g/mol. The van der Waals surface area contributed by atoms with Gasteiger partial charge in [0.05, 0.1) is 18.7 Å². The van der Waals surface area contributed by atoms with E-state index in [0.717, 1.165) is 24.0 Å². The third-order valence-electron chi connectivity index (χ3n) is 8.37. The van der Waals surface area contributed by atoms with Gasteiger partial charge in [0.1, 0.15) is 18.3 Å². The minimum absolute atomic E-state index is 0.207. The largest absolute Gasteiger partial charge is 0.358 e. The van der Waals surface area contributed by atoms with Crippen molar-refractivity contribution in [3.8, 4) is 0 Å². The first-order chi connectivity index (χ1) is 18.3. The Bertz CT molecular complexity index is 1070. The summed E-state index contributed by atoms with van der Waals surface area (Å²) in [5.74, 6) is -0.722. The summed E-state index contributed by atoms with van der Waals surface area (Å²) in [5, 5.41) is 9.08. The van der Waals surface area contributed by atoms with Crippen molar-refractivity contribution >= 4 is 17.7 Å². The smallest absolute Gasteiger partial charge is 0.247 e. The summed E-state index contributed by atoms with van der Waals surface area (Å²) in [7, 11) is 1.70. The molecule has 8 heteroatoms. The minimum atomic E-state index is -0.748. The SMILES string of the molecule is CCC1(CC)C[C@@H]2OCC[C@H](NC(=O)[C@H](C)NC)C(=O)N2[C@@H]1C(=O)NC(c1ccccc1)c1ccccc1. The number of rotatable bonds is 9. The van der Waals surface area contributed by atoms with Gasteiger partial charge in [-0.15, -0.1) is 0 Å². The van der Waals surface area contributed by atoms with Crippen molar-refractivity contribution in [2.45, 2.75) is 76.8 Å². The van der Waals surface area contributed by atoms with E-state index < -0.39 is 29.8 Å². The lowest BCUT2D eigenvalue weighted by atomic mass is 9.74. The van der Waals surface area contributed by atoms with Crippen LogP contribution in [0.15, 0.2) is 60.7 Å². The van der Waals surface area contributed by atoms with Gasteiger partial charge in [-0.05, 0) is 37.9 Å². The molecule has 0 aliphatic carbocycles. The van der Waals surface area contributed by atoms with Crippen LogP contribution in [-0.4, -0.2) is 60.6 Å². The summed E-state index contributed by atoms with van der Waals surface area (Å²) in [6, 6.07) is 17.4. The number of carbonyl (C=O) groups excluding carboxylic acids is 3. The van der Waals surface area contributed by atoms with E-state index >= 15 is 0 Å². The summed E-state index contributed by atoms with van der Waals surface area (Å²) in [5.41, 5.74) is 1.49. The monoisotopic (exact) mass is 520 g/mol. The van der Waals surface area contributed by atoms with Crippen LogP contribution in [0.1, 0.15) is 63.6 Å². The second-order valence-corrected chi connectivity index (χ2v) is 10.4. The van der Waals surface area contributed by atoms with Crippen LogP contribution in [0.5, 0.6) is 0 Å². The molecule has 3 N–H and O–H groups in total. The predicted octanol–water partition coefficient (Wildman–Crippen LogP) is 3.14. The van der Waals surface area contributed by atoms with Crippen LogP contribution in [0.25, 0.3) is 0 Å². The van der Waals surface area contributed by atoms with Crippen molar-refractivity contribution in [1.29, 1.82) is 0 Å². The highest BCUT2D eigenvalue weighted by atomic mass is 16.5. The van der Waals surface area contributed by atoms with Crippen LogP contribution >= 0.6 is 0 Å². The fourth-order valence-corrected chi connectivity index (χ4v) is 5.82. The van der Waals surface area contributed by atoms with Gasteiger partial charge in [-0.3, -0.25) is 14.4 Å². The van der Waals surface area contributed by atoms with Crippen LogP contribution < -0.4 is 16.0 Å². The molecule has 4 atom stereocenters. The second kappa shape index (κ2) is 12.1. The van der Waals surface area contributed by atoms with Gasteiger partial charge >= 0.3 is 0 Å². The fourth-order valence-electron chi connectivity index (χ4n) is 5.82. The van der Waals surface area contributed by atoms with Crippen molar-refractivity contribution in [1.82, 2.24) is 20.9 Å². The lowest BCUT2D eigenvalue weighted by Crippen LogP contribution is -2.59. The number of nitrogens with one attached hydrogen (secondary N) is 3. The van der Waals surface area contributed by atoms with Crippen LogP contribution in [0.3, 0.4) is 0 Å². The fraction of sp³-hybridized carbons (Fsp3) is 0.500. The van der Waals surface area contributed by atoms with Crippen LogP contribution in [0.4, 0.5) is 0 Å². The number of hydrogen-bond acceptors (Lipinski definition) is 5. The second-order valence-electron chi connectivity index (χ2n) is 10.4. The third kappa shape index (κ3) is 5.47. The van der Waals surface area contributed by atoms with E-state index in [1.165, 1.54) is 0 Å².